The van der Waals surface area contributed by atoms with E-state index in [9.17, 15) is 0 Å². The van der Waals surface area contributed by atoms with Gasteiger partial charge in [-0.25, -0.2) is 0 Å². The van der Waals surface area contributed by atoms with Gasteiger partial charge in [0.2, 0.25) is 0 Å². The number of nitrogens with one attached hydrogen (secondary N) is 1. The highest BCUT2D eigenvalue weighted by Gasteiger charge is 2.16. The highest BCUT2D eigenvalue weighted by atomic mass is 79.9. The van der Waals surface area contributed by atoms with E-state index < -0.39 is 0 Å². The summed E-state index contributed by atoms with van der Waals surface area (Å²) >= 11 is 9.62. The minimum absolute atomic E-state index is 0.260. The first-order valence-electron chi connectivity index (χ1n) is 6.34. The van der Waals surface area contributed by atoms with Gasteiger partial charge in [-0.3, -0.25) is 0 Å². The lowest BCUT2D eigenvalue weighted by atomic mass is 9.96. The summed E-state index contributed by atoms with van der Waals surface area (Å²) in [6.07, 6.45) is 0. The van der Waals surface area contributed by atoms with Crippen molar-refractivity contribution in [2.75, 3.05) is 5.32 Å². The van der Waals surface area contributed by atoms with Crippen molar-refractivity contribution < 1.29 is 0 Å². The predicted molar refractivity (Wildman–Crippen MR) is 86.8 cm³/mol. The lowest BCUT2D eigenvalue weighted by molar-refractivity contribution is 0.546. The molecule has 1 unspecified atom stereocenters. The molecule has 0 radical (unpaired) electrons. The molecule has 1 nitrogen and oxygen atoms in total. The Labute approximate surface area is 128 Å². The van der Waals surface area contributed by atoms with Gasteiger partial charge in [-0.1, -0.05) is 55.8 Å². The monoisotopic (exact) mass is 337 g/mol. The average Bonchev–Trinajstić information content (AvgIpc) is 2.40. The molecule has 0 bridgehead atoms. The van der Waals surface area contributed by atoms with Crippen LogP contribution in [0.15, 0.2) is 53.0 Å². The van der Waals surface area contributed by atoms with E-state index in [0.29, 0.717) is 5.92 Å². The maximum Gasteiger partial charge on any atom is 0.0537 e. The van der Waals surface area contributed by atoms with E-state index in [1.165, 1.54) is 5.56 Å². The van der Waals surface area contributed by atoms with Crippen LogP contribution >= 0.6 is 27.5 Å². The van der Waals surface area contributed by atoms with Gasteiger partial charge in [0, 0.05) is 9.50 Å². The van der Waals surface area contributed by atoms with E-state index >= 15 is 0 Å². The predicted octanol–water partition coefficient (Wildman–Crippen LogP) is 5.91. The quantitative estimate of drug-likeness (QED) is 0.730. The molecule has 0 aromatic heterocycles. The van der Waals surface area contributed by atoms with Crippen LogP contribution in [0.25, 0.3) is 0 Å². The summed E-state index contributed by atoms with van der Waals surface area (Å²) < 4.78 is 1.03. The zero-order valence-corrected chi connectivity index (χ0v) is 13.4. The van der Waals surface area contributed by atoms with Crippen molar-refractivity contribution in [1.82, 2.24) is 0 Å². The third-order valence-corrected chi connectivity index (χ3v) is 3.99. The molecule has 0 aliphatic heterocycles. The maximum absolute atomic E-state index is 6.07. The summed E-state index contributed by atoms with van der Waals surface area (Å²) in [7, 11) is 0. The second-order valence-corrected chi connectivity index (χ2v) is 6.19. The number of hydrogen-bond donors (Lipinski definition) is 1. The molecule has 0 fully saturated rings. The van der Waals surface area contributed by atoms with Crippen molar-refractivity contribution in [1.29, 1.82) is 0 Å². The first-order valence-corrected chi connectivity index (χ1v) is 7.51. The summed E-state index contributed by atoms with van der Waals surface area (Å²) in [4.78, 5) is 0. The first kappa shape index (κ1) is 14.4. The van der Waals surface area contributed by atoms with E-state index in [0.717, 1.165) is 15.2 Å². The zero-order chi connectivity index (χ0) is 13.8. The van der Waals surface area contributed by atoms with Crippen LogP contribution in [0.4, 0.5) is 5.69 Å². The third-order valence-electron chi connectivity index (χ3n) is 3.06. The Morgan fingerprint density at radius 2 is 1.74 bits per heavy atom. The van der Waals surface area contributed by atoms with Crippen molar-refractivity contribution >= 4 is 33.2 Å². The zero-order valence-electron chi connectivity index (χ0n) is 11.0. The van der Waals surface area contributed by atoms with Gasteiger partial charge in [0.15, 0.2) is 0 Å². The summed E-state index contributed by atoms with van der Waals surface area (Å²) in [5.74, 6) is 0.480. The van der Waals surface area contributed by atoms with E-state index in [2.05, 4.69) is 59.4 Å². The first-order chi connectivity index (χ1) is 9.08. The second-order valence-electron chi connectivity index (χ2n) is 4.90. The lowest BCUT2D eigenvalue weighted by Gasteiger charge is -2.25. The van der Waals surface area contributed by atoms with Gasteiger partial charge in [-0.2, -0.15) is 0 Å². The van der Waals surface area contributed by atoms with Crippen molar-refractivity contribution in [3.05, 3.63) is 63.6 Å². The Morgan fingerprint density at radius 3 is 2.37 bits per heavy atom. The van der Waals surface area contributed by atoms with Crippen molar-refractivity contribution in [2.45, 2.75) is 19.9 Å². The smallest absolute Gasteiger partial charge is 0.0537 e. The van der Waals surface area contributed by atoms with E-state index in [4.69, 9.17) is 11.6 Å². The fraction of sp³-hybridized carbons (Fsp3) is 0.250. The molecule has 0 amide bonds. The maximum atomic E-state index is 6.07. The highest BCUT2D eigenvalue weighted by molar-refractivity contribution is 9.10. The Bertz CT molecular complexity index is 540. The van der Waals surface area contributed by atoms with E-state index in [1.807, 2.05) is 24.3 Å². The molecule has 1 atom stereocenters. The van der Waals surface area contributed by atoms with Crippen LogP contribution in [0.2, 0.25) is 5.02 Å². The molecule has 2 aromatic rings. The van der Waals surface area contributed by atoms with Gasteiger partial charge in [-0.05, 0) is 45.6 Å². The summed E-state index contributed by atoms with van der Waals surface area (Å²) in [6, 6.07) is 16.5. The number of halogens is 2. The normalized spacial score (nSPS) is 12.5. The van der Waals surface area contributed by atoms with Crippen LogP contribution in [0.1, 0.15) is 25.5 Å². The summed E-state index contributed by atoms with van der Waals surface area (Å²) in [5, 5.41) is 4.31. The molecule has 0 saturated carbocycles. The Kier molecular flexibility index (Phi) is 4.89. The molecule has 1 N–H and O–H groups in total. The number of benzene rings is 2. The molecule has 100 valence electrons. The molecule has 0 heterocycles. The number of rotatable bonds is 4. The average molecular weight is 339 g/mol. The van der Waals surface area contributed by atoms with Crippen LogP contribution in [0.5, 0.6) is 0 Å². The Hall–Kier alpha value is -0.990. The molecule has 0 aliphatic carbocycles. The van der Waals surface area contributed by atoms with Crippen molar-refractivity contribution in [3.8, 4) is 0 Å². The van der Waals surface area contributed by atoms with Gasteiger partial charge < -0.3 is 5.32 Å². The molecular weight excluding hydrogens is 322 g/mol. The summed E-state index contributed by atoms with van der Waals surface area (Å²) in [5.41, 5.74) is 2.31. The van der Waals surface area contributed by atoms with E-state index in [1.54, 1.807) is 0 Å². The third kappa shape index (κ3) is 3.74. The topological polar surface area (TPSA) is 12.0 Å². The lowest BCUT2D eigenvalue weighted by Crippen LogP contribution is -2.17. The summed E-state index contributed by atoms with van der Waals surface area (Å²) in [6.45, 7) is 4.42. The standard InChI is InChI=1S/C16H17BrClN/c1-11(2)16(12-6-4-3-5-7-12)19-15-10-13(18)8-9-14(15)17/h3-11,16,19H,1-2H3. The van der Waals surface area contributed by atoms with Crippen molar-refractivity contribution in [3.63, 3.8) is 0 Å². The minimum Gasteiger partial charge on any atom is -0.377 e. The molecule has 2 rings (SSSR count). The van der Waals surface area contributed by atoms with Crippen LogP contribution in [0.3, 0.4) is 0 Å². The van der Waals surface area contributed by atoms with Gasteiger partial charge in [0.25, 0.3) is 0 Å². The molecule has 0 spiro atoms. The van der Waals surface area contributed by atoms with E-state index in [-0.39, 0.29) is 6.04 Å². The molecule has 2 aromatic carbocycles. The Morgan fingerprint density at radius 1 is 1.05 bits per heavy atom. The second kappa shape index (κ2) is 6.44. The van der Waals surface area contributed by atoms with Gasteiger partial charge in [0.1, 0.15) is 0 Å². The minimum atomic E-state index is 0.260. The fourth-order valence-corrected chi connectivity index (χ4v) is 2.60. The van der Waals surface area contributed by atoms with Gasteiger partial charge >= 0.3 is 0 Å². The van der Waals surface area contributed by atoms with Crippen LogP contribution in [-0.4, -0.2) is 0 Å². The molecular formula is C16H17BrClN. The van der Waals surface area contributed by atoms with Crippen LogP contribution < -0.4 is 5.32 Å². The largest absolute Gasteiger partial charge is 0.377 e. The van der Waals surface area contributed by atoms with Crippen LogP contribution in [0, 0.1) is 5.92 Å². The molecule has 0 saturated heterocycles. The van der Waals surface area contributed by atoms with Gasteiger partial charge in [0.05, 0.1) is 11.7 Å². The SMILES string of the molecule is CC(C)C(Nc1cc(Cl)ccc1Br)c1ccccc1. The molecule has 3 heteroatoms. The van der Waals surface area contributed by atoms with Gasteiger partial charge in [-0.15, -0.1) is 0 Å². The molecule has 0 aliphatic rings. The Balaban J connectivity index is 2.29. The van der Waals surface area contributed by atoms with Crippen LogP contribution in [-0.2, 0) is 0 Å². The number of hydrogen-bond acceptors (Lipinski definition) is 1. The number of anilines is 1. The fourth-order valence-electron chi connectivity index (χ4n) is 2.07. The molecule has 19 heavy (non-hydrogen) atoms. The highest BCUT2D eigenvalue weighted by Crippen LogP contribution is 2.32. The van der Waals surface area contributed by atoms with Crippen molar-refractivity contribution in [2.24, 2.45) is 5.92 Å².